The molecule has 2 fully saturated rings. The molecule has 5 rings (SSSR count). The summed E-state index contributed by atoms with van der Waals surface area (Å²) >= 11 is 13.6. The molecule has 3 atom stereocenters. The fourth-order valence-electron chi connectivity index (χ4n) is 6.07. The van der Waals surface area contributed by atoms with Crippen LogP contribution in [0.25, 0.3) is 22.2 Å². The van der Waals surface area contributed by atoms with Crippen LogP contribution in [-0.4, -0.2) is 109 Å². The number of aromatic nitrogens is 3. The highest BCUT2D eigenvalue weighted by atomic mass is 35.5. The van der Waals surface area contributed by atoms with Gasteiger partial charge in [-0.25, -0.2) is 4.98 Å². The first kappa shape index (κ1) is 36.1. The molecule has 0 spiro atoms. The van der Waals surface area contributed by atoms with Gasteiger partial charge in [-0.3, -0.25) is 19.0 Å². The fraction of sp³-hybridized carbons (Fsp3) is 0.441. The average Bonchev–Trinajstić information content (AvgIpc) is 3.56. The number of nitrogens with one attached hydrogen (secondary N) is 2. The third-order valence-corrected chi connectivity index (χ3v) is 9.37. The van der Waals surface area contributed by atoms with Crippen LogP contribution in [0.2, 0.25) is 10.0 Å². The summed E-state index contributed by atoms with van der Waals surface area (Å²) in [6.07, 6.45) is 7.55. The molecule has 15 heteroatoms. The van der Waals surface area contributed by atoms with E-state index in [9.17, 15) is 14.4 Å². The van der Waals surface area contributed by atoms with Gasteiger partial charge in [0.2, 0.25) is 17.8 Å². The zero-order chi connectivity index (χ0) is 35.2. The summed E-state index contributed by atoms with van der Waals surface area (Å²) < 4.78 is 18.2. The van der Waals surface area contributed by atoms with Crippen LogP contribution in [0, 0.1) is 5.92 Å². The molecule has 2 saturated heterocycles. The minimum atomic E-state index is -0.385. The van der Waals surface area contributed by atoms with Gasteiger partial charge in [-0.15, -0.1) is 0 Å². The van der Waals surface area contributed by atoms with Crippen molar-refractivity contribution in [3.8, 4) is 22.6 Å². The van der Waals surface area contributed by atoms with Gasteiger partial charge >= 0.3 is 0 Å². The van der Waals surface area contributed by atoms with Crippen LogP contribution in [0.1, 0.15) is 12.8 Å². The molecular weight excluding hydrogens is 673 g/mol. The molecular formula is C34H41Cl2N7O6. The molecule has 2 aliphatic rings. The van der Waals surface area contributed by atoms with Crippen molar-refractivity contribution in [1.82, 2.24) is 29.7 Å². The van der Waals surface area contributed by atoms with E-state index in [4.69, 9.17) is 42.4 Å². The number of likely N-dealkylation sites (N-methyl/N-ethyl adjacent to an activating group) is 1. The first-order valence-electron chi connectivity index (χ1n) is 15.9. The number of fused-ring (bicyclic) bond motifs is 1. The number of rotatable bonds is 12. The number of amides is 2. The number of pyridine rings is 1. The number of hydrogen-bond donors (Lipinski definition) is 2. The van der Waals surface area contributed by atoms with Crippen molar-refractivity contribution in [1.29, 1.82) is 0 Å². The highest BCUT2D eigenvalue weighted by Crippen LogP contribution is 2.45. The van der Waals surface area contributed by atoms with Crippen LogP contribution in [0.4, 0.5) is 5.95 Å². The highest BCUT2D eigenvalue weighted by Gasteiger charge is 2.30. The number of likely N-dealkylation sites (tertiary alicyclic amines) is 1. The largest absolute Gasteiger partial charge is 0.495 e. The molecule has 4 heterocycles. The second-order valence-electron chi connectivity index (χ2n) is 12.3. The Labute approximate surface area is 294 Å². The summed E-state index contributed by atoms with van der Waals surface area (Å²) in [6.45, 7) is 6.31. The Balaban J connectivity index is 1.56. The minimum absolute atomic E-state index is 0.0373. The van der Waals surface area contributed by atoms with E-state index in [1.165, 1.54) is 20.3 Å². The zero-order valence-corrected chi connectivity index (χ0v) is 29.5. The standard InChI is InChI=1S/C34H41Cl2N7O6/c1-6-27(44)38-23-10-13-49-19-24(23)39-34-37-16-21-14-22(29-30(35)25(47-4)15-26(48-5)31(29)36)33(46)43(32(21)40-34)18-20-9-12-42(17-20)28(45)8-7-11-41(2)3/h6-8,14-16,20,23-24H,1,9-13,17-19H2,2-5H3,(H,38,44)(H,37,39,40)/b8-7+/t20?,23-,24+/m0/s1. The zero-order valence-electron chi connectivity index (χ0n) is 28.0. The van der Waals surface area contributed by atoms with Crippen LogP contribution >= 0.6 is 23.2 Å². The summed E-state index contributed by atoms with van der Waals surface area (Å²) in [5.74, 6) is 0.446. The second kappa shape index (κ2) is 16.0. The molecule has 2 amide bonds. The van der Waals surface area contributed by atoms with Crippen molar-refractivity contribution in [3.05, 3.63) is 63.5 Å². The van der Waals surface area contributed by atoms with E-state index < -0.39 is 0 Å². The van der Waals surface area contributed by atoms with E-state index >= 15 is 0 Å². The van der Waals surface area contributed by atoms with Crippen LogP contribution in [0.3, 0.4) is 0 Å². The van der Waals surface area contributed by atoms with Crippen molar-refractivity contribution in [2.75, 3.05) is 66.5 Å². The van der Waals surface area contributed by atoms with Gasteiger partial charge in [-0.2, -0.15) is 4.98 Å². The van der Waals surface area contributed by atoms with Gasteiger partial charge < -0.3 is 34.6 Å². The monoisotopic (exact) mass is 713 g/mol. The van der Waals surface area contributed by atoms with Crippen LogP contribution in [-0.2, 0) is 20.9 Å². The van der Waals surface area contributed by atoms with Gasteiger partial charge in [0.05, 0.1) is 48.5 Å². The third kappa shape index (κ3) is 8.18. The van der Waals surface area contributed by atoms with Gasteiger partial charge in [0.15, 0.2) is 0 Å². The van der Waals surface area contributed by atoms with Gasteiger partial charge in [0.1, 0.15) is 17.1 Å². The molecule has 0 bridgehead atoms. The topological polar surface area (TPSA) is 140 Å². The second-order valence-corrected chi connectivity index (χ2v) is 13.0. The number of anilines is 1. The normalized spacial score (nSPS) is 19.4. The predicted octanol–water partition coefficient (Wildman–Crippen LogP) is 3.62. The summed E-state index contributed by atoms with van der Waals surface area (Å²) in [7, 11) is 6.80. The molecule has 262 valence electrons. The molecule has 1 unspecified atom stereocenters. The first-order chi connectivity index (χ1) is 23.5. The average molecular weight is 715 g/mol. The summed E-state index contributed by atoms with van der Waals surface area (Å²) in [4.78, 5) is 52.6. The molecule has 3 aromatic rings. The maximum absolute atomic E-state index is 14.5. The van der Waals surface area contributed by atoms with Gasteiger partial charge in [-0.05, 0) is 45.0 Å². The number of carbonyl (C=O) groups is 2. The van der Waals surface area contributed by atoms with Crippen LogP contribution in [0.15, 0.2) is 47.9 Å². The van der Waals surface area contributed by atoms with E-state index in [0.29, 0.717) is 68.2 Å². The molecule has 49 heavy (non-hydrogen) atoms. The van der Waals surface area contributed by atoms with Gasteiger partial charge in [-0.1, -0.05) is 35.9 Å². The van der Waals surface area contributed by atoms with Gasteiger partial charge in [0.25, 0.3) is 5.56 Å². The summed E-state index contributed by atoms with van der Waals surface area (Å²) in [5.41, 5.74) is 0.475. The smallest absolute Gasteiger partial charge is 0.260 e. The van der Waals surface area contributed by atoms with Crippen molar-refractivity contribution in [2.45, 2.75) is 31.5 Å². The van der Waals surface area contributed by atoms with Crippen molar-refractivity contribution in [2.24, 2.45) is 5.92 Å². The molecule has 2 aliphatic heterocycles. The number of halogens is 2. The van der Waals surface area contributed by atoms with E-state index in [1.807, 2.05) is 25.1 Å². The first-order valence-corrected chi connectivity index (χ1v) is 16.7. The van der Waals surface area contributed by atoms with E-state index in [0.717, 1.165) is 0 Å². The quantitative estimate of drug-likeness (QED) is 0.268. The van der Waals surface area contributed by atoms with Gasteiger partial charge in [0, 0.05) is 62.1 Å². The van der Waals surface area contributed by atoms with Crippen LogP contribution < -0.4 is 25.7 Å². The molecule has 2 aromatic heterocycles. The lowest BCUT2D eigenvalue weighted by molar-refractivity contribution is -0.125. The van der Waals surface area contributed by atoms with E-state index in [-0.39, 0.29) is 69.0 Å². The number of ether oxygens (including phenoxy) is 3. The number of carbonyl (C=O) groups excluding carboxylic acids is 2. The maximum atomic E-state index is 14.5. The predicted molar refractivity (Wildman–Crippen MR) is 190 cm³/mol. The van der Waals surface area contributed by atoms with Crippen LogP contribution in [0.5, 0.6) is 11.5 Å². The number of hydrogen-bond acceptors (Lipinski definition) is 10. The Kier molecular flexibility index (Phi) is 11.8. The Hall–Kier alpha value is -4.17. The number of benzene rings is 1. The molecule has 0 saturated carbocycles. The number of nitrogens with zero attached hydrogens (tertiary/aromatic N) is 5. The highest BCUT2D eigenvalue weighted by molar-refractivity contribution is 6.41. The Morgan fingerprint density at radius 1 is 1.14 bits per heavy atom. The summed E-state index contributed by atoms with van der Waals surface area (Å²) in [5, 5.41) is 7.09. The lowest BCUT2D eigenvalue weighted by atomic mass is 10.0. The fourth-order valence-corrected chi connectivity index (χ4v) is 6.77. The van der Waals surface area contributed by atoms with Crippen molar-refractivity contribution >= 4 is 52.0 Å². The van der Waals surface area contributed by atoms with Crippen molar-refractivity contribution in [3.63, 3.8) is 0 Å². The minimum Gasteiger partial charge on any atom is -0.495 e. The Morgan fingerprint density at radius 3 is 2.55 bits per heavy atom. The molecule has 0 radical (unpaired) electrons. The molecule has 13 nitrogen and oxygen atoms in total. The number of methoxy groups -OCH3 is 2. The molecule has 0 aliphatic carbocycles. The van der Waals surface area contributed by atoms with E-state index in [2.05, 4.69) is 22.2 Å². The Bertz CT molecular complexity index is 1790. The third-order valence-electron chi connectivity index (χ3n) is 8.62. The van der Waals surface area contributed by atoms with Crippen molar-refractivity contribution < 1.29 is 23.8 Å². The lowest BCUT2D eigenvalue weighted by Crippen LogP contribution is -2.52. The lowest BCUT2D eigenvalue weighted by Gasteiger charge is -2.32. The molecule has 1 aromatic carbocycles. The molecule has 2 N–H and O–H groups in total. The summed E-state index contributed by atoms with van der Waals surface area (Å²) in [6, 6.07) is 2.64. The SMILES string of the molecule is C=CC(=O)N[C@H]1CCOC[C@H]1Nc1ncc2cc(-c3c(Cl)c(OC)cc(OC)c3Cl)c(=O)n(CC3CCN(C(=O)/C=C/CN(C)C)C3)c2n1. The maximum Gasteiger partial charge on any atom is 0.260 e. The van der Waals surface area contributed by atoms with E-state index in [1.54, 1.807) is 33.9 Å². The Morgan fingerprint density at radius 2 is 1.88 bits per heavy atom.